The van der Waals surface area contributed by atoms with Crippen LogP contribution in [0.25, 0.3) is 10.8 Å². The number of sulfonamides is 1. The Morgan fingerprint density at radius 2 is 1.20 bits per heavy atom. The molecule has 2 heterocycles. The number of piperidine rings is 2. The highest BCUT2D eigenvalue weighted by atomic mass is 32.2. The Bertz CT molecular complexity index is 2140. The van der Waals surface area contributed by atoms with Gasteiger partial charge in [-0.2, -0.15) is 4.72 Å². The minimum Gasteiger partial charge on any atom is -0.465 e. The molecular formula is C49H69N5O10S. The maximum Gasteiger partial charge on any atom is 0.410 e. The predicted molar refractivity (Wildman–Crippen MR) is 248 cm³/mol. The lowest BCUT2D eigenvalue weighted by molar-refractivity contribution is -0.145. The summed E-state index contributed by atoms with van der Waals surface area (Å²) in [5, 5.41) is 7.29. The molecule has 2 fully saturated rings. The highest BCUT2D eigenvalue weighted by Gasteiger charge is 2.34. The van der Waals surface area contributed by atoms with E-state index in [0.717, 1.165) is 43.9 Å². The summed E-state index contributed by atoms with van der Waals surface area (Å²) >= 11 is 0. The second-order valence-electron chi connectivity index (χ2n) is 19.2. The number of esters is 1. The van der Waals surface area contributed by atoms with Gasteiger partial charge in [-0.3, -0.25) is 14.4 Å². The van der Waals surface area contributed by atoms with Crippen molar-refractivity contribution >= 4 is 50.8 Å². The predicted octanol–water partition coefficient (Wildman–Crippen LogP) is 7.49. The number of nitrogens with one attached hydrogen (secondary N) is 3. The molecule has 356 valence electrons. The van der Waals surface area contributed by atoms with Gasteiger partial charge in [0.2, 0.25) is 21.8 Å². The molecule has 0 radical (unpaired) electrons. The zero-order valence-electron chi connectivity index (χ0n) is 39.1. The lowest BCUT2D eigenvalue weighted by Gasteiger charge is -2.34. The van der Waals surface area contributed by atoms with E-state index in [1.54, 1.807) is 65.3 Å². The maximum atomic E-state index is 14.5. The molecular weight excluding hydrogens is 851 g/mol. The van der Waals surface area contributed by atoms with Crippen molar-refractivity contribution in [2.45, 2.75) is 128 Å². The Kier molecular flexibility index (Phi) is 17.8. The summed E-state index contributed by atoms with van der Waals surface area (Å²) in [5.74, 6) is -1.69. The van der Waals surface area contributed by atoms with Crippen LogP contribution in [-0.2, 0) is 38.6 Å². The molecule has 2 aliphatic heterocycles. The van der Waals surface area contributed by atoms with Crippen molar-refractivity contribution in [3.05, 3.63) is 78.4 Å². The quantitative estimate of drug-likeness (QED) is 0.0904. The van der Waals surface area contributed by atoms with Gasteiger partial charge in [-0.25, -0.2) is 18.0 Å². The van der Waals surface area contributed by atoms with Gasteiger partial charge in [0.05, 0.1) is 11.5 Å². The minimum atomic E-state index is -4.25. The number of carbonyl (C=O) groups excluding carboxylic acids is 5. The third-order valence-electron chi connectivity index (χ3n) is 11.8. The van der Waals surface area contributed by atoms with Gasteiger partial charge in [0.25, 0.3) is 0 Å². The lowest BCUT2D eigenvalue weighted by atomic mass is 9.83. The van der Waals surface area contributed by atoms with Gasteiger partial charge in [-0.15, -0.1) is 0 Å². The van der Waals surface area contributed by atoms with Crippen LogP contribution >= 0.6 is 0 Å². The number of hydrogen-bond donors (Lipinski definition) is 3. The van der Waals surface area contributed by atoms with Crippen LogP contribution in [-0.4, -0.2) is 105 Å². The zero-order chi connectivity index (χ0) is 47.4. The molecule has 16 heteroatoms. The molecule has 3 N–H and O–H groups in total. The number of likely N-dealkylation sites (tertiary alicyclic amines) is 2. The van der Waals surface area contributed by atoms with Crippen LogP contribution in [0.4, 0.5) is 9.59 Å². The minimum absolute atomic E-state index is 0.0171. The molecule has 0 spiro atoms. The molecule has 65 heavy (non-hydrogen) atoms. The lowest BCUT2D eigenvalue weighted by Crippen LogP contribution is -2.51. The van der Waals surface area contributed by atoms with Crippen molar-refractivity contribution in [2.75, 3.05) is 39.3 Å². The number of benzene rings is 3. The topological polar surface area (TPSA) is 190 Å². The SMILES string of the molecule is CCOC(=O)C(CNC(=O)C(NC(=O)C(CCC1CCN(C(=O)OC(C)(C)C)CC1)CCC1CCN(C(=O)OC(C)(C)C)CC1)c1ccccc1)NS(=O)(=O)c1ccc2ccccc2c1. The second kappa shape index (κ2) is 22.8. The van der Waals surface area contributed by atoms with Crippen LogP contribution in [0.15, 0.2) is 77.7 Å². The number of amides is 4. The largest absolute Gasteiger partial charge is 0.465 e. The van der Waals surface area contributed by atoms with Crippen LogP contribution < -0.4 is 15.4 Å². The van der Waals surface area contributed by atoms with Crippen molar-refractivity contribution in [3.8, 4) is 0 Å². The van der Waals surface area contributed by atoms with Gasteiger partial charge in [0, 0.05) is 38.6 Å². The molecule has 5 rings (SSSR count). The second-order valence-corrected chi connectivity index (χ2v) is 20.9. The van der Waals surface area contributed by atoms with Crippen molar-refractivity contribution in [2.24, 2.45) is 17.8 Å². The molecule has 2 saturated heterocycles. The molecule has 15 nitrogen and oxygen atoms in total. The Morgan fingerprint density at radius 3 is 1.71 bits per heavy atom. The van der Waals surface area contributed by atoms with Gasteiger partial charge >= 0.3 is 18.2 Å². The first-order chi connectivity index (χ1) is 30.7. The monoisotopic (exact) mass is 919 g/mol. The van der Waals surface area contributed by atoms with E-state index in [0.29, 0.717) is 50.0 Å². The van der Waals surface area contributed by atoms with E-state index in [1.807, 2.05) is 53.7 Å². The highest BCUT2D eigenvalue weighted by molar-refractivity contribution is 7.89. The summed E-state index contributed by atoms with van der Waals surface area (Å²) in [4.78, 5) is 70.8. The molecule has 0 aliphatic carbocycles. The van der Waals surface area contributed by atoms with Gasteiger partial charge in [-0.05, 0) is 140 Å². The number of ether oxygens (including phenoxy) is 3. The van der Waals surface area contributed by atoms with Gasteiger partial charge in [0.15, 0.2) is 0 Å². The van der Waals surface area contributed by atoms with Crippen molar-refractivity contribution in [3.63, 3.8) is 0 Å². The van der Waals surface area contributed by atoms with Gasteiger partial charge < -0.3 is 34.6 Å². The van der Waals surface area contributed by atoms with E-state index in [9.17, 15) is 32.4 Å². The molecule has 3 aromatic rings. The number of hydrogen-bond acceptors (Lipinski definition) is 10. The summed E-state index contributed by atoms with van der Waals surface area (Å²) in [6.07, 6.45) is 5.07. The Morgan fingerprint density at radius 1 is 0.692 bits per heavy atom. The average molecular weight is 920 g/mol. The number of nitrogens with zero attached hydrogens (tertiary/aromatic N) is 2. The van der Waals surface area contributed by atoms with E-state index < -0.39 is 57.6 Å². The summed E-state index contributed by atoms with van der Waals surface area (Å²) in [5.41, 5.74) is -0.674. The summed E-state index contributed by atoms with van der Waals surface area (Å²) < 4.78 is 46.1. The highest BCUT2D eigenvalue weighted by Crippen LogP contribution is 2.31. The fourth-order valence-corrected chi connectivity index (χ4v) is 9.48. The van der Waals surface area contributed by atoms with Gasteiger partial charge in [-0.1, -0.05) is 60.7 Å². The van der Waals surface area contributed by atoms with Crippen molar-refractivity contribution in [1.29, 1.82) is 0 Å². The number of fused-ring (bicyclic) bond motifs is 1. The zero-order valence-corrected chi connectivity index (χ0v) is 39.9. The fraction of sp³-hybridized carbons (Fsp3) is 0.571. The smallest absolute Gasteiger partial charge is 0.410 e. The van der Waals surface area contributed by atoms with E-state index in [1.165, 1.54) is 12.1 Å². The summed E-state index contributed by atoms with van der Waals surface area (Å²) in [7, 11) is -4.25. The maximum absolute atomic E-state index is 14.5. The Hall–Kier alpha value is -5.22. The third kappa shape index (κ3) is 15.7. The van der Waals surface area contributed by atoms with Crippen LogP contribution in [0, 0.1) is 17.8 Å². The van der Waals surface area contributed by atoms with E-state index >= 15 is 0 Å². The standard InChI is InChI=1S/C49H69N5O10S/c1-8-62-45(57)41(52-65(60,61)40-23-22-36-14-12-13-17-39(36)32-40)33-50-44(56)42(37-15-10-9-11-16-37)51-43(55)38(20-18-34-24-28-53(29-25-34)46(58)63-48(2,3)4)21-19-35-26-30-54(31-27-35)47(59)64-49(5,6)7/h9-17,22-23,32,34-35,38,41-42,52H,8,18-21,24-31,33H2,1-7H3,(H,50,56)(H,51,55). The van der Waals surface area contributed by atoms with Crippen LogP contribution in [0.1, 0.15) is 111 Å². The third-order valence-corrected chi connectivity index (χ3v) is 13.3. The molecule has 2 aliphatic rings. The first kappa shape index (κ1) is 50.8. The molecule has 0 aromatic heterocycles. The molecule has 3 aromatic carbocycles. The fourth-order valence-electron chi connectivity index (χ4n) is 8.26. The summed E-state index contributed by atoms with van der Waals surface area (Å²) in [6, 6.07) is 18.0. The molecule has 4 amide bonds. The van der Waals surface area contributed by atoms with E-state index in [4.69, 9.17) is 14.2 Å². The van der Waals surface area contributed by atoms with Crippen LogP contribution in [0.3, 0.4) is 0 Å². The average Bonchev–Trinajstić information content (AvgIpc) is 3.26. The van der Waals surface area contributed by atoms with Crippen LogP contribution in [0.2, 0.25) is 0 Å². The van der Waals surface area contributed by atoms with Crippen molar-refractivity contribution < 1.29 is 46.6 Å². The molecule has 0 bridgehead atoms. The number of rotatable bonds is 17. The Balaban J connectivity index is 1.29. The van der Waals surface area contributed by atoms with E-state index in [2.05, 4.69) is 15.4 Å². The first-order valence-corrected chi connectivity index (χ1v) is 24.5. The normalized spacial score (nSPS) is 16.4. The van der Waals surface area contributed by atoms with Gasteiger partial charge in [0.1, 0.15) is 23.3 Å². The van der Waals surface area contributed by atoms with Crippen molar-refractivity contribution in [1.82, 2.24) is 25.2 Å². The Labute approximate surface area is 384 Å². The molecule has 2 unspecified atom stereocenters. The molecule has 2 atom stereocenters. The number of carbonyl (C=O) groups is 5. The van der Waals surface area contributed by atoms with Crippen LogP contribution in [0.5, 0.6) is 0 Å². The first-order valence-electron chi connectivity index (χ1n) is 23.0. The van der Waals surface area contributed by atoms with E-state index in [-0.39, 0.29) is 41.4 Å². The summed E-state index contributed by atoms with van der Waals surface area (Å²) in [6.45, 7) is 14.5. The molecule has 0 saturated carbocycles.